The summed E-state index contributed by atoms with van der Waals surface area (Å²) in [5.41, 5.74) is 2.82. The molecule has 1 atom stereocenters. The number of ether oxygens (including phenoxy) is 1. The van der Waals surface area contributed by atoms with Gasteiger partial charge in [-0.1, -0.05) is 37.6 Å². The second kappa shape index (κ2) is 7.24. The van der Waals surface area contributed by atoms with Crippen LogP contribution in [0.15, 0.2) is 52.1 Å². The van der Waals surface area contributed by atoms with Gasteiger partial charge in [0.05, 0.1) is 11.4 Å². The van der Waals surface area contributed by atoms with Gasteiger partial charge in [0.25, 0.3) is 0 Å². The Hall–Kier alpha value is -1.92. The van der Waals surface area contributed by atoms with Crippen molar-refractivity contribution in [3.8, 4) is 0 Å². The first kappa shape index (κ1) is 19.8. The first-order chi connectivity index (χ1) is 12.7. The number of nitrogens with zero attached hydrogens (tertiary/aromatic N) is 1. The lowest BCUT2D eigenvalue weighted by atomic mass is 9.68. The Morgan fingerprint density at radius 2 is 1.93 bits per heavy atom. The van der Waals surface area contributed by atoms with Crippen LogP contribution in [0.3, 0.4) is 0 Å². The van der Waals surface area contributed by atoms with Crippen LogP contribution in [0.1, 0.15) is 45.6 Å². The summed E-state index contributed by atoms with van der Waals surface area (Å²) >= 11 is 0. The molecule has 0 N–H and O–H groups in total. The minimum absolute atomic E-state index is 0.0814. The average Bonchev–Trinajstić information content (AvgIpc) is 2.60. The maximum Gasteiger partial charge on any atom is 0.307 e. The predicted octanol–water partition coefficient (Wildman–Crippen LogP) is 3.95. The lowest BCUT2D eigenvalue weighted by Gasteiger charge is -2.45. The summed E-state index contributed by atoms with van der Waals surface area (Å²) in [5.74, 6) is 0.0511. The van der Waals surface area contributed by atoms with Crippen LogP contribution in [0.5, 0.6) is 0 Å². The number of sulfonamides is 1. The summed E-state index contributed by atoms with van der Waals surface area (Å²) in [6.45, 7) is 7.90. The Kier molecular flexibility index (Phi) is 5.32. The third kappa shape index (κ3) is 3.73. The molecular weight excluding hydrogens is 362 g/mol. The third-order valence-corrected chi connectivity index (χ3v) is 7.25. The van der Waals surface area contributed by atoms with E-state index in [1.54, 1.807) is 24.3 Å². The topological polar surface area (TPSA) is 63.7 Å². The van der Waals surface area contributed by atoms with Crippen molar-refractivity contribution in [2.45, 2.75) is 51.9 Å². The fourth-order valence-corrected chi connectivity index (χ4v) is 5.67. The van der Waals surface area contributed by atoms with Crippen molar-refractivity contribution < 1.29 is 17.9 Å². The van der Waals surface area contributed by atoms with Crippen molar-refractivity contribution >= 4 is 16.0 Å². The molecule has 2 aliphatic rings. The number of hydrogen-bond acceptors (Lipinski definition) is 4. The highest BCUT2D eigenvalue weighted by Crippen LogP contribution is 2.48. The third-order valence-electron chi connectivity index (χ3n) is 5.44. The van der Waals surface area contributed by atoms with Crippen molar-refractivity contribution in [1.82, 2.24) is 4.31 Å². The van der Waals surface area contributed by atoms with Gasteiger partial charge in [0.15, 0.2) is 0 Å². The first-order valence-corrected chi connectivity index (χ1v) is 10.8. The van der Waals surface area contributed by atoms with Gasteiger partial charge in [-0.2, -0.15) is 4.31 Å². The molecule has 5 nitrogen and oxygen atoms in total. The van der Waals surface area contributed by atoms with E-state index in [9.17, 15) is 13.2 Å². The normalized spacial score (nSPS) is 23.6. The van der Waals surface area contributed by atoms with Gasteiger partial charge in [-0.25, -0.2) is 8.42 Å². The molecule has 146 valence electrons. The van der Waals surface area contributed by atoms with E-state index >= 15 is 0 Å². The number of carbonyl (C=O) groups is 1. The molecule has 6 heteroatoms. The number of carbonyl (C=O) groups excluding carboxylic acids is 1. The summed E-state index contributed by atoms with van der Waals surface area (Å²) in [6.07, 6.45) is 4.75. The number of rotatable bonds is 4. The summed E-state index contributed by atoms with van der Waals surface area (Å²) in [5, 5.41) is 0. The maximum absolute atomic E-state index is 13.2. The molecular formula is C21H27NO4S. The maximum atomic E-state index is 13.2. The van der Waals surface area contributed by atoms with Crippen LogP contribution in [-0.4, -0.2) is 31.8 Å². The quantitative estimate of drug-likeness (QED) is 0.732. The lowest BCUT2D eigenvalue weighted by Crippen LogP contribution is -2.48. The van der Waals surface area contributed by atoms with Gasteiger partial charge in [-0.3, -0.25) is 4.79 Å². The van der Waals surface area contributed by atoms with E-state index in [1.807, 2.05) is 6.92 Å². The van der Waals surface area contributed by atoms with E-state index in [0.717, 1.165) is 36.0 Å². The highest BCUT2D eigenvalue weighted by Gasteiger charge is 2.45. The van der Waals surface area contributed by atoms with Crippen molar-refractivity contribution in [2.75, 3.05) is 13.1 Å². The SMILES string of the molecule is CCC1=CCC[C@@]2(C)CN(S(=O)(=O)c3ccc(C)cc3)CC(OC(C)=O)=C12. The second-order valence-electron chi connectivity index (χ2n) is 7.66. The van der Waals surface area contributed by atoms with Crippen LogP contribution in [0.2, 0.25) is 0 Å². The Morgan fingerprint density at radius 1 is 1.26 bits per heavy atom. The number of aryl methyl sites for hydroxylation is 1. The van der Waals surface area contributed by atoms with Crippen molar-refractivity contribution in [2.24, 2.45) is 5.41 Å². The van der Waals surface area contributed by atoms with E-state index < -0.39 is 16.0 Å². The number of fused-ring (bicyclic) bond motifs is 1. The van der Waals surface area contributed by atoms with Gasteiger partial charge in [0, 0.05) is 24.5 Å². The molecule has 0 radical (unpaired) electrons. The van der Waals surface area contributed by atoms with Crippen LogP contribution in [0.25, 0.3) is 0 Å². The molecule has 0 unspecified atom stereocenters. The zero-order chi connectivity index (χ0) is 19.8. The second-order valence-corrected chi connectivity index (χ2v) is 9.60. The smallest absolute Gasteiger partial charge is 0.307 e. The Labute approximate surface area is 161 Å². The highest BCUT2D eigenvalue weighted by atomic mass is 32.2. The Balaban J connectivity index is 2.07. The van der Waals surface area contributed by atoms with Gasteiger partial charge in [-0.15, -0.1) is 0 Å². The molecule has 1 aromatic carbocycles. The molecule has 0 aromatic heterocycles. The fraction of sp³-hybridized carbons (Fsp3) is 0.476. The van der Waals surface area contributed by atoms with Gasteiger partial charge >= 0.3 is 5.97 Å². The summed E-state index contributed by atoms with van der Waals surface area (Å²) < 4.78 is 33.5. The molecule has 0 saturated heterocycles. The molecule has 0 fully saturated rings. The fourth-order valence-electron chi connectivity index (χ4n) is 4.14. The first-order valence-electron chi connectivity index (χ1n) is 9.35. The monoisotopic (exact) mass is 389 g/mol. The predicted molar refractivity (Wildman–Crippen MR) is 104 cm³/mol. The number of allylic oxidation sites excluding steroid dienone is 2. The number of esters is 1. The van der Waals surface area contributed by atoms with Gasteiger partial charge in [0.2, 0.25) is 10.0 Å². The van der Waals surface area contributed by atoms with Crippen molar-refractivity contribution in [1.29, 1.82) is 0 Å². The van der Waals surface area contributed by atoms with Gasteiger partial charge in [-0.05, 0) is 43.9 Å². The zero-order valence-corrected chi connectivity index (χ0v) is 17.2. The van der Waals surface area contributed by atoms with E-state index in [0.29, 0.717) is 12.3 Å². The van der Waals surface area contributed by atoms with Crippen LogP contribution >= 0.6 is 0 Å². The minimum Gasteiger partial charge on any atom is -0.430 e. The molecule has 0 amide bonds. The molecule has 27 heavy (non-hydrogen) atoms. The molecule has 1 aliphatic carbocycles. The molecule has 1 aromatic rings. The van der Waals surface area contributed by atoms with Gasteiger partial charge < -0.3 is 4.74 Å². The molecule has 1 aliphatic heterocycles. The molecule has 0 saturated carbocycles. The average molecular weight is 390 g/mol. The lowest BCUT2D eigenvalue weighted by molar-refractivity contribution is -0.137. The standard InChI is InChI=1S/C21H27NO4S/c1-5-17-7-6-12-21(4)14-22(13-19(20(17)21)26-16(3)23)27(24,25)18-10-8-15(2)9-11-18/h7-11H,5-6,12-14H2,1-4H3/t21-/m0/s1. The molecule has 0 spiro atoms. The molecule has 1 heterocycles. The van der Waals surface area contributed by atoms with Crippen LogP contribution in [-0.2, 0) is 19.6 Å². The van der Waals surface area contributed by atoms with Crippen molar-refractivity contribution in [3.63, 3.8) is 0 Å². The Morgan fingerprint density at radius 3 is 2.52 bits per heavy atom. The van der Waals surface area contributed by atoms with E-state index in [4.69, 9.17) is 4.74 Å². The minimum atomic E-state index is -3.67. The summed E-state index contributed by atoms with van der Waals surface area (Å²) in [6, 6.07) is 6.86. The van der Waals surface area contributed by atoms with E-state index in [2.05, 4.69) is 19.9 Å². The number of benzene rings is 1. The Bertz CT molecular complexity index is 912. The zero-order valence-electron chi connectivity index (χ0n) is 16.4. The van der Waals surface area contributed by atoms with Crippen LogP contribution < -0.4 is 0 Å². The van der Waals surface area contributed by atoms with Crippen LogP contribution in [0.4, 0.5) is 0 Å². The van der Waals surface area contributed by atoms with E-state index in [-0.39, 0.29) is 16.9 Å². The largest absolute Gasteiger partial charge is 0.430 e. The highest BCUT2D eigenvalue weighted by molar-refractivity contribution is 7.89. The number of hydrogen-bond donors (Lipinski definition) is 0. The van der Waals surface area contributed by atoms with Crippen molar-refractivity contribution in [3.05, 3.63) is 52.8 Å². The van der Waals surface area contributed by atoms with Gasteiger partial charge in [0.1, 0.15) is 5.76 Å². The van der Waals surface area contributed by atoms with Crippen LogP contribution in [0, 0.1) is 12.3 Å². The molecule has 3 rings (SSSR count). The summed E-state index contributed by atoms with van der Waals surface area (Å²) in [4.78, 5) is 12.0. The molecule has 0 bridgehead atoms. The van der Waals surface area contributed by atoms with E-state index in [1.165, 1.54) is 11.2 Å². The summed E-state index contributed by atoms with van der Waals surface area (Å²) in [7, 11) is -3.67.